The van der Waals surface area contributed by atoms with Crippen LogP contribution < -0.4 is 0 Å². The maximum atomic E-state index is 14.7. The van der Waals surface area contributed by atoms with Crippen LogP contribution in [0, 0.1) is 17.7 Å². The molecular weight excluding hydrogens is 427 g/mol. The van der Waals surface area contributed by atoms with Crippen molar-refractivity contribution in [3.05, 3.63) is 75.4 Å². The minimum atomic E-state index is -0.348. The predicted octanol–water partition coefficient (Wildman–Crippen LogP) is 8.12. The summed E-state index contributed by atoms with van der Waals surface area (Å²) in [6.45, 7) is 8.49. The summed E-state index contributed by atoms with van der Waals surface area (Å²) in [7, 11) is 0. The standard InChI is InChI=1S/C27H28ClFOS/c1-4-17-6-7-19(22-11-10-21(28)15-25(22)29)14-24(17)26-23(12-16(3)31-5-2)18-8-9-20(13-18)27(26)30/h6-7,10-11,14-15,18,20H,3-5,8-9,12-13H2,1-2H3/t18?,20-/m1/s1. The quantitative estimate of drug-likeness (QED) is 0.420. The molecule has 0 amide bonds. The molecular formula is C27H28ClFOS. The second-order valence-electron chi connectivity index (χ2n) is 8.47. The fraction of sp³-hybridized carbons (Fsp3) is 0.370. The van der Waals surface area contributed by atoms with Gasteiger partial charge in [-0.15, -0.1) is 11.8 Å². The Hall–Kier alpha value is -1.84. The second-order valence-corrected chi connectivity index (χ2v) is 10.3. The lowest BCUT2D eigenvalue weighted by molar-refractivity contribution is -0.117. The zero-order valence-corrected chi connectivity index (χ0v) is 19.7. The Bertz CT molecular complexity index is 1070. The van der Waals surface area contributed by atoms with Crippen LogP contribution in [0.15, 0.2) is 53.5 Å². The summed E-state index contributed by atoms with van der Waals surface area (Å²) in [5.74, 6) is 1.47. The van der Waals surface area contributed by atoms with E-state index in [9.17, 15) is 9.18 Å². The average Bonchev–Trinajstić information content (AvgIpc) is 3.19. The fourth-order valence-electron chi connectivity index (χ4n) is 5.12. The van der Waals surface area contributed by atoms with Crippen molar-refractivity contribution in [1.82, 2.24) is 0 Å². The molecule has 31 heavy (non-hydrogen) atoms. The van der Waals surface area contributed by atoms with Crippen LogP contribution in [0.4, 0.5) is 4.39 Å². The monoisotopic (exact) mass is 454 g/mol. The van der Waals surface area contributed by atoms with Gasteiger partial charge < -0.3 is 0 Å². The molecule has 1 nitrogen and oxygen atoms in total. The van der Waals surface area contributed by atoms with E-state index in [1.165, 1.54) is 11.6 Å². The lowest BCUT2D eigenvalue weighted by atomic mass is 9.76. The topological polar surface area (TPSA) is 17.1 Å². The lowest BCUT2D eigenvalue weighted by Crippen LogP contribution is -2.22. The highest BCUT2D eigenvalue weighted by molar-refractivity contribution is 8.03. The van der Waals surface area contributed by atoms with Gasteiger partial charge in [0.15, 0.2) is 5.78 Å². The van der Waals surface area contributed by atoms with Crippen molar-refractivity contribution in [2.45, 2.75) is 46.0 Å². The third-order valence-electron chi connectivity index (χ3n) is 6.60. The Morgan fingerprint density at radius 1 is 1.13 bits per heavy atom. The van der Waals surface area contributed by atoms with E-state index in [1.807, 2.05) is 18.2 Å². The van der Waals surface area contributed by atoms with Crippen LogP contribution in [0.5, 0.6) is 0 Å². The molecule has 4 rings (SSSR count). The van der Waals surface area contributed by atoms with E-state index in [4.69, 9.17) is 11.6 Å². The van der Waals surface area contributed by atoms with E-state index >= 15 is 0 Å². The number of benzene rings is 2. The number of ketones is 1. The lowest BCUT2D eigenvalue weighted by Gasteiger charge is -2.28. The minimum Gasteiger partial charge on any atom is -0.294 e. The number of halogens is 2. The molecule has 2 aliphatic carbocycles. The molecule has 0 aliphatic heterocycles. The summed E-state index contributed by atoms with van der Waals surface area (Å²) >= 11 is 7.71. The van der Waals surface area contributed by atoms with Gasteiger partial charge in [-0.1, -0.05) is 49.7 Å². The van der Waals surface area contributed by atoms with Gasteiger partial charge in [0.25, 0.3) is 0 Å². The van der Waals surface area contributed by atoms with Crippen LogP contribution in [0.1, 0.15) is 50.7 Å². The molecule has 1 unspecified atom stereocenters. The summed E-state index contributed by atoms with van der Waals surface area (Å²) in [4.78, 5) is 14.7. The zero-order valence-electron chi connectivity index (χ0n) is 18.1. The van der Waals surface area contributed by atoms with Gasteiger partial charge in [-0.25, -0.2) is 4.39 Å². The summed E-state index contributed by atoms with van der Waals surface area (Å²) in [5, 5.41) is 0.377. The van der Waals surface area contributed by atoms with Crippen LogP contribution >= 0.6 is 23.4 Å². The first-order chi connectivity index (χ1) is 14.9. The molecule has 2 aromatic rings. The molecule has 2 bridgehead atoms. The van der Waals surface area contributed by atoms with Gasteiger partial charge in [0.1, 0.15) is 5.82 Å². The number of thioether (sulfide) groups is 1. The molecule has 0 aromatic heterocycles. The third kappa shape index (κ3) is 4.40. The van der Waals surface area contributed by atoms with E-state index in [0.29, 0.717) is 16.5 Å². The van der Waals surface area contributed by atoms with Crippen molar-refractivity contribution < 1.29 is 9.18 Å². The van der Waals surface area contributed by atoms with Crippen molar-refractivity contribution in [1.29, 1.82) is 0 Å². The maximum absolute atomic E-state index is 14.7. The van der Waals surface area contributed by atoms with E-state index in [2.05, 4.69) is 20.4 Å². The smallest absolute Gasteiger partial charge is 0.166 e. The summed E-state index contributed by atoms with van der Waals surface area (Å²) < 4.78 is 14.7. The Morgan fingerprint density at radius 3 is 2.61 bits per heavy atom. The molecule has 0 spiro atoms. The summed E-state index contributed by atoms with van der Waals surface area (Å²) in [5.41, 5.74) is 5.51. The van der Waals surface area contributed by atoms with E-state index in [1.54, 1.807) is 23.9 Å². The van der Waals surface area contributed by atoms with Crippen molar-refractivity contribution >= 4 is 34.7 Å². The number of Topliss-reactive ketones (excluding diaryl/α,β-unsaturated/α-hetero) is 1. The molecule has 1 fully saturated rings. The SMILES string of the molecule is C=C(CC1=C(c2cc(-c3ccc(Cl)cc3F)ccc2CC)C(=O)[C@@H]2CCC1C2)SCC. The van der Waals surface area contributed by atoms with Crippen LogP contribution in [0.25, 0.3) is 16.7 Å². The average molecular weight is 455 g/mol. The van der Waals surface area contributed by atoms with Gasteiger partial charge in [-0.3, -0.25) is 4.79 Å². The van der Waals surface area contributed by atoms with Gasteiger partial charge in [0, 0.05) is 28.5 Å². The van der Waals surface area contributed by atoms with Crippen LogP contribution in [0.3, 0.4) is 0 Å². The minimum absolute atomic E-state index is 0.122. The molecule has 2 aliphatic rings. The number of fused-ring (bicyclic) bond motifs is 2. The molecule has 0 saturated heterocycles. The Morgan fingerprint density at radius 2 is 1.90 bits per heavy atom. The van der Waals surface area contributed by atoms with E-state index < -0.39 is 0 Å². The number of hydrogen-bond acceptors (Lipinski definition) is 2. The molecule has 2 atom stereocenters. The highest BCUT2D eigenvalue weighted by Crippen LogP contribution is 2.49. The molecule has 0 N–H and O–H groups in total. The largest absolute Gasteiger partial charge is 0.294 e. The van der Waals surface area contributed by atoms with Gasteiger partial charge in [-0.2, -0.15) is 0 Å². The molecule has 4 heteroatoms. The van der Waals surface area contributed by atoms with E-state index in [-0.39, 0.29) is 17.5 Å². The maximum Gasteiger partial charge on any atom is 0.166 e. The first-order valence-electron chi connectivity index (χ1n) is 11.1. The molecule has 0 heterocycles. The molecule has 2 aromatic carbocycles. The fourth-order valence-corrected chi connectivity index (χ4v) is 5.94. The van der Waals surface area contributed by atoms with Crippen LogP contribution in [-0.2, 0) is 11.2 Å². The highest BCUT2D eigenvalue weighted by Gasteiger charge is 2.41. The Kier molecular flexibility index (Phi) is 6.74. The zero-order chi connectivity index (χ0) is 22.1. The van der Waals surface area contributed by atoms with Crippen molar-refractivity contribution in [3.63, 3.8) is 0 Å². The summed E-state index contributed by atoms with van der Waals surface area (Å²) in [6.07, 6.45) is 4.60. The van der Waals surface area contributed by atoms with Gasteiger partial charge in [-0.05, 0) is 83.2 Å². The number of aryl methyl sites for hydroxylation is 1. The highest BCUT2D eigenvalue weighted by atomic mass is 35.5. The third-order valence-corrected chi connectivity index (χ3v) is 7.68. The van der Waals surface area contributed by atoms with E-state index in [0.717, 1.165) is 65.0 Å². The summed E-state index contributed by atoms with van der Waals surface area (Å²) in [6, 6.07) is 10.8. The van der Waals surface area contributed by atoms with Crippen molar-refractivity contribution in [2.24, 2.45) is 11.8 Å². The molecule has 0 radical (unpaired) electrons. The first-order valence-corrected chi connectivity index (χ1v) is 12.5. The van der Waals surface area contributed by atoms with Gasteiger partial charge in [0.05, 0.1) is 0 Å². The second kappa shape index (κ2) is 9.34. The Labute approximate surface area is 193 Å². The Balaban J connectivity index is 1.88. The van der Waals surface area contributed by atoms with Crippen LogP contribution in [0.2, 0.25) is 5.02 Å². The van der Waals surface area contributed by atoms with Crippen molar-refractivity contribution in [3.8, 4) is 11.1 Å². The number of rotatable bonds is 7. The molecule has 162 valence electrons. The number of allylic oxidation sites excluding steroid dienone is 3. The first kappa shape index (κ1) is 22.4. The normalized spacial score (nSPS) is 20.5. The number of carbonyl (C=O) groups is 1. The van der Waals surface area contributed by atoms with Gasteiger partial charge >= 0.3 is 0 Å². The molecule has 1 saturated carbocycles. The number of carbonyl (C=O) groups excluding carboxylic acids is 1. The van der Waals surface area contributed by atoms with Gasteiger partial charge in [0.2, 0.25) is 0 Å². The predicted molar refractivity (Wildman–Crippen MR) is 131 cm³/mol. The van der Waals surface area contributed by atoms with Crippen molar-refractivity contribution in [2.75, 3.05) is 5.75 Å². The number of hydrogen-bond donors (Lipinski definition) is 0. The van der Waals surface area contributed by atoms with Crippen LogP contribution in [-0.4, -0.2) is 11.5 Å².